The summed E-state index contributed by atoms with van der Waals surface area (Å²) in [6.07, 6.45) is 1.37. The fraction of sp³-hybridized carbons (Fsp3) is 0.368. The fourth-order valence-electron chi connectivity index (χ4n) is 3.40. The standard InChI is InChI=1S/C19H21N3O6S/c1-2-15-18(23)20-14-12-13(5-6-16(14)28-15)29(25,26)22-9-7-21(8-10-22)19(24)17-4-3-11-27-17/h3-6,11-12,15H,2,7-10H2,1H3,(H,20,23). The number of nitrogens with zero attached hydrogens (tertiary/aromatic N) is 2. The molecule has 0 spiro atoms. The lowest BCUT2D eigenvalue weighted by atomic mass is 10.2. The van der Waals surface area contributed by atoms with Crippen LogP contribution in [0, 0.1) is 0 Å². The highest BCUT2D eigenvalue weighted by Gasteiger charge is 2.33. The molecule has 9 nitrogen and oxygen atoms in total. The number of hydrogen-bond donors (Lipinski definition) is 1. The lowest BCUT2D eigenvalue weighted by Gasteiger charge is -2.33. The molecule has 4 rings (SSSR count). The molecule has 1 aromatic heterocycles. The predicted molar refractivity (Wildman–Crippen MR) is 103 cm³/mol. The van der Waals surface area contributed by atoms with E-state index in [0.29, 0.717) is 17.9 Å². The average Bonchev–Trinajstić information content (AvgIpc) is 3.27. The molecular formula is C19H21N3O6S. The molecule has 1 fully saturated rings. The largest absolute Gasteiger partial charge is 0.478 e. The van der Waals surface area contributed by atoms with Gasteiger partial charge in [0.25, 0.3) is 11.8 Å². The topological polar surface area (TPSA) is 109 Å². The maximum absolute atomic E-state index is 13.0. The summed E-state index contributed by atoms with van der Waals surface area (Å²) in [4.78, 5) is 26.0. The Morgan fingerprint density at radius 3 is 2.62 bits per heavy atom. The number of furan rings is 1. The van der Waals surface area contributed by atoms with Gasteiger partial charge < -0.3 is 19.4 Å². The smallest absolute Gasteiger partial charge is 0.289 e. The molecule has 2 aliphatic heterocycles. The van der Waals surface area contributed by atoms with Gasteiger partial charge in [-0.3, -0.25) is 9.59 Å². The Bertz CT molecular complexity index is 1030. The molecule has 0 saturated carbocycles. The SMILES string of the molecule is CCC1Oc2ccc(S(=O)(=O)N3CCN(C(=O)c4ccco4)CC3)cc2NC1=O. The molecule has 2 aliphatic rings. The second-order valence-corrected chi connectivity index (χ2v) is 8.77. The molecule has 29 heavy (non-hydrogen) atoms. The number of ether oxygens (including phenoxy) is 1. The van der Waals surface area contributed by atoms with Gasteiger partial charge in [-0.15, -0.1) is 0 Å². The molecule has 1 saturated heterocycles. The second-order valence-electron chi connectivity index (χ2n) is 6.84. The molecule has 3 heterocycles. The molecule has 10 heteroatoms. The summed E-state index contributed by atoms with van der Waals surface area (Å²) in [6, 6.07) is 7.65. The average molecular weight is 419 g/mol. The lowest BCUT2D eigenvalue weighted by molar-refractivity contribution is -0.123. The number of nitrogens with one attached hydrogen (secondary N) is 1. The number of carbonyl (C=O) groups excluding carboxylic acids is 2. The van der Waals surface area contributed by atoms with Crippen LogP contribution in [-0.2, 0) is 14.8 Å². The van der Waals surface area contributed by atoms with E-state index in [9.17, 15) is 18.0 Å². The molecule has 1 atom stereocenters. The van der Waals surface area contributed by atoms with Crippen LogP contribution < -0.4 is 10.1 Å². The van der Waals surface area contributed by atoms with E-state index in [1.807, 2.05) is 6.92 Å². The van der Waals surface area contributed by atoms with E-state index >= 15 is 0 Å². The number of rotatable bonds is 4. The van der Waals surface area contributed by atoms with E-state index in [-0.39, 0.29) is 48.6 Å². The van der Waals surface area contributed by atoms with Crippen LogP contribution in [0.15, 0.2) is 45.9 Å². The Balaban J connectivity index is 1.48. The number of sulfonamides is 1. The lowest BCUT2D eigenvalue weighted by Crippen LogP contribution is -2.50. The van der Waals surface area contributed by atoms with Crippen molar-refractivity contribution in [2.24, 2.45) is 0 Å². The van der Waals surface area contributed by atoms with Gasteiger partial charge in [0.15, 0.2) is 11.9 Å². The molecule has 154 valence electrons. The van der Waals surface area contributed by atoms with Crippen LogP contribution in [-0.4, -0.2) is 61.7 Å². The first-order valence-corrected chi connectivity index (χ1v) is 10.8. The zero-order valence-corrected chi connectivity index (χ0v) is 16.6. The van der Waals surface area contributed by atoms with Crippen molar-refractivity contribution in [1.29, 1.82) is 0 Å². The Morgan fingerprint density at radius 1 is 1.21 bits per heavy atom. The van der Waals surface area contributed by atoms with Crippen molar-refractivity contribution in [3.8, 4) is 5.75 Å². The quantitative estimate of drug-likeness (QED) is 0.805. The Hall–Kier alpha value is -2.85. The van der Waals surface area contributed by atoms with Gasteiger partial charge in [0, 0.05) is 26.2 Å². The number of amides is 2. The second kappa shape index (κ2) is 7.53. The van der Waals surface area contributed by atoms with Crippen molar-refractivity contribution in [3.05, 3.63) is 42.4 Å². The highest BCUT2D eigenvalue weighted by molar-refractivity contribution is 7.89. The van der Waals surface area contributed by atoms with Gasteiger partial charge in [0.2, 0.25) is 10.0 Å². The molecular weight excluding hydrogens is 398 g/mol. The molecule has 1 aromatic carbocycles. The van der Waals surface area contributed by atoms with Gasteiger partial charge in [0.1, 0.15) is 5.75 Å². The van der Waals surface area contributed by atoms with E-state index < -0.39 is 16.1 Å². The van der Waals surface area contributed by atoms with E-state index in [1.165, 1.54) is 22.7 Å². The van der Waals surface area contributed by atoms with Crippen LogP contribution in [0.3, 0.4) is 0 Å². The van der Waals surface area contributed by atoms with Gasteiger partial charge in [-0.05, 0) is 36.8 Å². The van der Waals surface area contributed by atoms with Crippen molar-refractivity contribution < 1.29 is 27.2 Å². The van der Waals surface area contributed by atoms with Gasteiger partial charge >= 0.3 is 0 Å². The van der Waals surface area contributed by atoms with Gasteiger partial charge in [-0.25, -0.2) is 8.42 Å². The van der Waals surface area contributed by atoms with Crippen molar-refractivity contribution in [2.75, 3.05) is 31.5 Å². The van der Waals surface area contributed by atoms with Crippen LogP contribution >= 0.6 is 0 Å². The first kappa shape index (κ1) is 19.5. The van der Waals surface area contributed by atoms with Crippen LogP contribution in [0.25, 0.3) is 0 Å². The number of piperazine rings is 1. The van der Waals surface area contributed by atoms with E-state index in [0.717, 1.165) is 0 Å². The summed E-state index contributed by atoms with van der Waals surface area (Å²) in [5, 5.41) is 2.70. The first-order valence-electron chi connectivity index (χ1n) is 9.34. The van der Waals surface area contributed by atoms with Crippen LogP contribution in [0.4, 0.5) is 5.69 Å². The van der Waals surface area contributed by atoms with Gasteiger partial charge in [-0.2, -0.15) is 4.31 Å². The Morgan fingerprint density at radius 2 is 1.97 bits per heavy atom. The van der Waals surface area contributed by atoms with Crippen LogP contribution in [0.1, 0.15) is 23.9 Å². The Labute approximate surface area is 168 Å². The minimum absolute atomic E-state index is 0.0703. The molecule has 0 aliphatic carbocycles. The van der Waals surface area contributed by atoms with Crippen molar-refractivity contribution in [1.82, 2.24) is 9.21 Å². The zero-order valence-electron chi connectivity index (χ0n) is 15.8. The van der Waals surface area contributed by atoms with Gasteiger partial charge in [-0.1, -0.05) is 6.92 Å². The van der Waals surface area contributed by atoms with Crippen LogP contribution in [0.5, 0.6) is 5.75 Å². The normalized spacial score (nSPS) is 20.0. The number of anilines is 1. The summed E-state index contributed by atoms with van der Waals surface area (Å²) in [6.45, 7) is 2.72. The van der Waals surface area contributed by atoms with Gasteiger partial charge in [0.05, 0.1) is 16.8 Å². The summed E-state index contributed by atoms with van der Waals surface area (Å²) >= 11 is 0. The molecule has 1 N–H and O–H groups in total. The number of benzene rings is 1. The molecule has 0 bridgehead atoms. The van der Waals surface area contributed by atoms with Crippen LogP contribution in [0.2, 0.25) is 0 Å². The highest BCUT2D eigenvalue weighted by Crippen LogP contribution is 2.33. The summed E-state index contributed by atoms with van der Waals surface area (Å²) in [7, 11) is -3.77. The summed E-state index contributed by atoms with van der Waals surface area (Å²) in [5.74, 6) is 0.132. The van der Waals surface area contributed by atoms with Crippen molar-refractivity contribution in [3.63, 3.8) is 0 Å². The maximum atomic E-state index is 13.0. The third kappa shape index (κ3) is 3.60. The zero-order chi connectivity index (χ0) is 20.6. The Kier molecular flexibility index (Phi) is 5.05. The fourth-order valence-corrected chi connectivity index (χ4v) is 4.84. The van der Waals surface area contributed by atoms with Crippen molar-refractivity contribution in [2.45, 2.75) is 24.3 Å². The molecule has 2 amide bonds. The predicted octanol–water partition coefficient (Wildman–Crippen LogP) is 1.54. The third-order valence-electron chi connectivity index (χ3n) is 5.04. The van der Waals surface area contributed by atoms with E-state index in [4.69, 9.17) is 9.15 Å². The minimum Gasteiger partial charge on any atom is -0.478 e. The molecule has 2 aromatic rings. The molecule has 1 unspecified atom stereocenters. The number of carbonyl (C=O) groups is 2. The van der Waals surface area contributed by atoms with E-state index in [1.54, 1.807) is 23.1 Å². The third-order valence-corrected chi connectivity index (χ3v) is 6.93. The minimum atomic E-state index is -3.77. The first-order chi connectivity index (χ1) is 13.9. The van der Waals surface area contributed by atoms with Crippen molar-refractivity contribution >= 4 is 27.5 Å². The number of fused-ring (bicyclic) bond motifs is 1. The number of hydrogen-bond acceptors (Lipinski definition) is 6. The summed E-state index contributed by atoms with van der Waals surface area (Å²) in [5.41, 5.74) is 0.340. The summed E-state index contributed by atoms with van der Waals surface area (Å²) < 4.78 is 38.1. The molecule has 0 radical (unpaired) electrons. The highest BCUT2D eigenvalue weighted by atomic mass is 32.2. The van der Waals surface area contributed by atoms with E-state index in [2.05, 4.69) is 5.32 Å². The monoisotopic (exact) mass is 419 g/mol. The maximum Gasteiger partial charge on any atom is 0.289 e.